The molecule has 1 aromatic rings. The van der Waals surface area contributed by atoms with Gasteiger partial charge in [0.1, 0.15) is 11.8 Å². The molecule has 1 amide bonds. The van der Waals surface area contributed by atoms with E-state index in [-0.39, 0.29) is 6.61 Å². The van der Waals surface area contributed by atoms with Crippen molar-refractivity contribution < 1.29 is 19.4 Å². The zero-order valence-electron chi connectivity index (χ0n) is 9.14. The lowest BCUT2D eigenvalue weighted by Gasteiger charge is -2.10. The monoisotopic (exact) mass is 349 g/mol. The van der Waals surface area contributed by atoms with Crippen molar-refractivity contribution in [2.75, 3.05) is 6.61 Å². The van der Waals surface area contributed by atoms with E-state index in [2.05, 4.69) is 27.9 Å². The third-order valence-electron chi connectivity index (χ3n) is 1.93. The van der Waals surface area contributed by atoms with Gasteiger partial charge in [-0.25, -0.2) is 0 Å². The average Bonchev–Trinajstić information content (AvgIpc) is 2.28. The van der Waals surface area contributed by atoms with Gasteiger partial charge in [-0.15, -0.1) is 0 Å². The van der Waals surface area contributed by atoms with Crippen LogP contribution in [0.5, 0.6) is 5.75 Å². The third-order valence-corrected chi connectivity index (χ3v) is 2.65. The van der Waals surface area contributed by atoms with Gasteiger partial charge < -0.3 is 15.2 Å². The van der Waals surface area contributed by atoms with E-state index in [1.165, 1.54) is 6.92 Å². The number of carboxylic acids is 1. The second-order valence-electron chi connectivity index (χ2n) is 3.37. The number of carbonyl (C=O) groups excluding carboxylic acids is 1. The number of carbonyl (C=O) groups is 2. The molecule has 6 heteroatoms. The molecule has 0 aliphatic rings. The number of nitrogens with one attached hydrogen (secondary N) is 1. The molecule has 1 atom stereocenters. The van der Waals surface area contributed by atoms with Crippen LogP contribution in [0.2, 0.25) is 0 Å². The first-order valence-electron chi connectivity index (χ1n) is 4.89. The van der Waals surface area contributed by atoms with Crippen LogP contribution in [0.15, 0.2) is 24.3 Å². The number of carboxylic acid groups (broad SMARTS) is 1. The highest BCUT2D eigenvalue weighted by atomic mass is 127. The summed E-state index contributed by atoms with van der Waals surface area (Å²) in [4.78, 5) is 21.8. The average molecular weight is 349 g/mol. The summed E-state index contributed by atoms with van der Waals surface area (Å²) in [5.41, 5.74) is 0. The molecule has 0 radical (unpaired) electrons. The number of amides is 1. The molecule has 0 saturated carbocycles. The number of benzene rings is 1. The minimum atomic E-state index is -1.08. The molecule has 92 valence electrons. The Morgan fingerprint density at radius 1 is 1.41 bits per heavy atom. The lowest BCUT2D eigenvalue weighted by Crippen LogP contribution is -2.40. The predicted octanol–water partition coefficient (Wildman–Crippen LogP) is 1.26. The lowest BCUT2D eigenvalue weighted by molar-refractivity contribution is -0.141. The second kappa shape index (κ2) is 6.43. The van der Waals surface area contributed by atoms with E-state index < -0.39 is 17.9 Å². The highest BCUT2D eigenvalue weighted by Gasteiger charge is 2.13. The molecule has 0 saturated heterocycles. The van der Waals surface area contributed by atoms with Crippen molar-refractivity contribution in [2.45, 2.75) is 13.0 Å². The highest BCUT2D eigenvalue weighted by Crippen LogP contribution is 2.13. The smallest absolute Gasteiger partial charge is 0.325 e. The van der Waals surface area contributed by atoms with Crippen molar-refractivity contribution in [3.63, 3.8) is 0 Å². The summed E-state index contributed by atoms with van der Waals surface area (Å²) in [5, 5.41) is 10.9. The van der Waals surface area contributed by atoms with E-state index in [1.54, 1.807) is 12.1 Å². The van der Waals surface area contributed by atoms with Gasteiger partial charge in [0.15, 0.2) is 6.61 Å². The number of rotatable bonds is 5. The molecule has 5 nitrogen and oxygen atoms in total. The van der Waals surface area contributed by atoms with Crippen molar-refractivity contribution >= 4 is 34.5 Å². The summed E-state index contributed by atoms with van der Waals surface area (Å²) in [6.45, 7) is 1.20. The fourth-order valence-corrected chi connectivity index (χ4v) is 1.38. The van der Waals surface area contributed by atoms with E-state index >= 15 is 0 Å². The Labute approximate surface area is 112 Å². The zero-order valence-corrected chi connectivity index (χ0v) is 11.3. The molecular formula is C11H12INO4. The van der Waals surface area contributed by atoms with Crippen LogP contribution < -0.4 is 10.1 Å². The number of halogens is 1. The fourth-order valence-electron chi connectivity index (χ4n) is 1.02. The molecule has 0 fully saturated rings. The first-order valence-corrected chi connectivity index (χ1v) is 5.97. The summed E-state index contributed by atoms with van der Waals surface area (Å²) in [6, 6.07) is 6.29. The molecule has 1 unspecified atom stereocenters. The molecule has 0 aliphatic heterocycles. The Balaban J connectivity index is 2.38. The number of hydrogen-bond acceptors (Lipinski definition) is 3. The normalized spacial score (nSPS) is 11.6. The van der Waals surface area contributed by atoms with Gasteiger partial charge in [-0.3, -0.25) is 9.59 Å². The van der Waals surface area contributed by atoms with E-state index in [0.29, 0.717) is 5.75 Å². The zero-order chi connectivity index (χ0) is 12.8. The third kappa shape index (κ3) is 5.03. The van der Waals surface area contributed by atoms with Crippen LogP contribution in [0.4, 0.5) is 0 Å². The minimum absolute atomic E-state index is 0.196. The number of hydrogen-bond donors (Lipinski definition) is 2. The quantitative estimate of drug-likeness (QED) is 0.785. The number of ether oxygens (including phenoxy) is 1. The first kappa shape index (κ1) is 13.8. The van der Waals surface area contributed by atoms with Crippen molar-refractivity contribution in [2.24, 2.45) is 0 Å². The summed E-state index contributed by atoms with van der Waals surface area (Å²) in [5.74, 6) is -0.963. The van der Waals surface area contributed by atoms with E-state index in [4.69, 9.17) is 9.84 Å². The molecular weight excluding hydrogens is 337 g/mol. The molecule has 2 N–H and O–H groups in total. The van der Waals surface area contributed by atoms with Crippen LogP contribution in [-0.2, 0) is 9.59 Å². The molecule has 0 spiro atoms. The van der Waals surface area contributed by atoms with Gasteiger partial charge in [0.2, 0.25) is 0 Å². The maximum Gasteiger partial charge on any atom is 0.325 e. The topological polar surface area (TPSA) is 75.6 Å². The van der Waals surface area contributed by atoms with Gasteiger partial charge in [-0.2, -0.15) is 0 Å². The fraction of sp³-hybridized carbons (Fsp3) is 0.273. The highest BCUT2D eigenvalue weighted by molar-refractivity contribution is 14.1. The van der Waals surface area contributed by atoms with E-state index in [0.717, 1.165) is 3.57 Å². The Kier molecular flexibility index (Phi) is 5.20. The summed E-state index contributed by atoms with van der Waals surface area (Å²) < 4.78 is 6.26. The molecule has 0 aromatic heterocycles. The Morgan fingerprint density at radius 2 is 2.00 bits per heavy atom. The van der Waals surface area contributed by atoms with Crippen molar-refractivity contribution in [1.82, 2.24) is 5.32 Å². The predicted molar refractivity (Wildman–Crippen MR) is 69.9 cm³/mol. The van der Waals surface area contributed by atoms with Gasteiger partial charge in [0, 0.05) is 3.57 Å². The summed E-state index contributed by atoms with van der Waals surface area (Å²) in [7, 11) is 0. The van der Waals surface area contributed by atoms with Gasteiger partial charge in [-0.05, 0) is 53.8 Å². The van der Waals surface area contributed by atoms with Crippen LogP contribution in [-0.4, -0.2) is 29.6 Å². The molecule has 0 aliphatic carbocycles. The van der Waals surface area contributed by atoms with Gasteiger partial charge in [0.25, 0.3) is 5.91 Å². The number of aliphatic carboxylic acids is 1. The van der Waals surface area contributed by atoms with Crippen LogP contribution in [0.3, 0.4) is 0 Å². The van der Waals surface area contributed by atoms with E-state index in [9.17, 15) is 9.59 Å². The largest absolute Gasteiger partial charge is 0.484 e. The molecule has 0 heterocycles. The Morgan fingerprint density at radius 3 is 2.53 bits per heavy atom. The Bertz CT molecular complexity index is 404. The van der Waals surface area contributed by atoms with E-state index in [1.807, 2.05) is 12.1 Å². The molecule has 17 heavy (non-hydrogen) atoms. The maximum absolute atomic E-state index is 11.3. The summed E-state index contributed by atoms with van der Waals surface area (Å²) in [6.07, 6.45) is 0. The van der Waals surface area contributed by atoms with Crippen LogP contribution >= 0.6 is 22.6 Å². The van der Waals surface area contributed by atoms with Crippen LogP contribution in [0.1, 0.15) is 6.92 Å². The first-order chi connectivity index (χ1) is 7.99. The van der Waals surface area contributed by atoms with Gasteiger partial charge >= 0.3 is 5.97 Å². The maximum atomic E-state index is 11.3. The van der Waals surface area contributed by atoms with Crippen molar-refractivity contribution in [3.05, 3.63) is 27.8 Å². The minimum Gasteiger partial charge on any atom is -0.484 e. The SMILES string of the molecule is CC(NC(=O)COc1ccc(I)cc1)C(=O)O. The summed E-state index contributed by atoms with van der Waals surface area (Å²) >= 11 is 2.16. The van der Waals surface area contributed by atoms with Gasteiger partial charge in [0.05, 0.1) is 0 Å². The second-order valence-corrected chi connectivity index (χ2v) is 4.62. The molecule has 0 bridgehead atoms. The standard InChI is InChI=1S/C11H12INO4/c1-7(11(15)16)13-10(14)6-17-9-4-2-8(12)3-5-9/h2-5,7H,6H2,1H3,(H,13,14)(H,15,16). The van der Waals surface area contributed by atoms with Gasteiger partial charge in [-0.1, -0.05) is 0 Å². The molecule has 1 aromatic carbocycles. The lowest BCUT2D eigenvalue weighted by atomic mass is 10.3. The molecule has 1 rings (SSSR count). The van der Waals surface area contributed by atoms with Crippen LogP contribution in [0.25, 0.3) is 0 Å². The van der Waals surface area contributed by atoms with Crippen molar-refractivity contribution in [1.29, 1.82) is 0 Å². The van der Waals surface area contributed by atoms with Crippen molar-refractivity contribution in [3.8, 4) is 5.75 Å². The van der Waals surface area contributed by atoms with Crippen LogP contribution in [0, 0.1) is 3.57 Å². The Hall–Kier alpha value is -1.31.